The number of rotatable bonds is 5. The number of hydrogen-bond donors (Lipinski definition) is 1. The number of carbonyl (C=O) groups excluding carboxylic acids is 2. The van der Waals surface area contributed by atoms with Crippen LogP contribution in [0.2, 0.25) is 0 Å². The number of hydrogen-bond acceptors (Lipinski definition) is 4. The molecule has 0 aliphatic carbocycles. The summed E-state index contributed by atoms with van der Waals surface area (Å²) in [6.45, 7) is 5.05. The van der Waals surface area contributed by atoms with Crippen molar-refractivity contribution in [3.8, 4) is 11.5 Å². The molecule has 1 N–H and O–H groups in total. The molecular weight excluding hydrogens is 356 g/mol. The van der Waals surface area contributed by atoms with Crippen molar-refractivity contribution in [1.82, 2.24) is 4.90 Å². The number of methoxy groups -OCH3 is 2. The SMILES string of the molecule is COc1cc2c(cc1OC)CN(C(=O)CC(=O)Nc1ccc(C)c(C)c1)CC2. The zero-order valence-electron chi connectivity index (χ0n) is 16.8. The van der Waals surface area contributed by atoms with Crippen LogP contribution in [0.1, 0.15) is 28.7 Å². The van der Waals surface area contributed by atoms with E-state index in [0.717, 1.165) is 28.7 Å². The molecule has 6 nitrogen and oxygen atoms in total. The first-order valence-electron chi connectivity index (χ1n) is 9.30. The zero-order chi connectivity index (χ0) is 20.3. The molecule has 0 saturated heterocycles. The lowest BCUT2D eigenvalue weighted by Crippen LogP contribution is -2.37. The van der Waals surface area contributed by atoms with Crippen molar-refractivity contribution in [2.24, 2.45) is 0 Å². The first kappa shape index (κ1) is 19.7. The molecule has 148 valence electrons. The highest BCUT2D eigenvalue weighted by molar-refractivity contribution is 6.03. The summed E-state index contributed by atoms with van der Waals surface area (Å²) in [5.74, 6) is 0.852. The van der Waals surface area contributed by atoms with Gasteiger partial charge in [0, 0.05) is 18.8 Å². The molecule has 0 bridgehead atoms. The Hall–Kier alpha value is -3.02. The molecule has 0 unspecified atom stereocenters. The number of fused-ring (bicyclic) bond motifs is 1. The Morgan fingerprint density at radius 3 is 2.32 bits per heavy atom. The lowest BCUT2D eigenvalue weighted by Gasteiger charge is -2.29. The molecule has 28 heavy (non-hydrogen) atoms. The molecule has 0 radical (unpaired) electrons. The lowest BCUT2D eigenvalue weighted by molar-refractivity contribution is -0.135. The Morgan fingerprint density at radius 2 is 1.68 bits per heavy atom. The maximum Gasteiger partial charge on any atom is 0.233 e. The first-order valence-corrected chi connectivity index (χ1v) is 9.30. The van der Waals surface area contributed by atoms with Crippen molar-refractivity contribution in [3.63, 3.8) is 0 Å². The highest BCUT2D eigenvalue weighted by Crippen LogP contribution is 2.33. The summed E-state index contributed by atoms with van der Waals surface area (Å²) < 4.78 is 10.7. The van der Waals surface area contributed by atoms with E-state index in [9.17, 15) is 9.59 Å². The van der Waals surface area contributed by atoms with Crippen molar-refractivity contribution in [2.45, 2.75) is 33.2 Å². The molecule has 1 heterocycles. The third-order valence-corrected chi connectivity index (χ3v) is 5.17. The maximum atomic E-state index is 12.6. The largest absolute Gasteiger partial charge is 0.493 e. The van der Waals surface area contributed by atoms with Crippen LogP contribution >= 0.6 is 0 Å². The van der Waals surface area contributed by atoms with Crippen molar-refractivity contribution in [1.29, 1.82) is 0 Å². The quantitative estimate of drug-likeness (QED) is 0.806. The van der Waals surface area contributed by atoms with Gasteiger partial charge in [-0.05, 0) is 66.8 Å². The number of carbonyl (C=O) groups is 2. The van der Waals surface area contributed by atoms with E-state index in [-0.39, 0.29) is 18.2 Å². The Kier molecular flexibility index (Phi) is 5.87. The van der Waals surface area contributed by atoms with Crippen molar-refractivity contribution >= 4 is 17.5 Å². The van der Waals surface area contributed by atoms with Gasteiger partial charge in [0.15, 0.2) is 11.5 Å². The second-order valence-corrected chi connectivity index (χ2v) is 7.07. The number of anilines is 1. The number of ether oxygens (including phenoxy) is 2. The van der Waals surface area contributed by atoms with Gasteiger partial charge in [-0.15, -0.1) is 0 Å². The van der Waals surface area contributed by atoms with E-state index in [4.69, 9.17) is 9.47 Å². The van der Waals surface area contributed by atoms with Crippen LogP contribution in [-0.4, -0.2) is 37.5 Å². The van der Waals surface area contributed by atoms with E-state index in [1.807, 2.05) is 44.2 Å². The van der Waals surface area contributed by atoms with Gasteiger partial charge in [-0.2, -0.15) is 0 Å². The summed E-state index contributed by atoms with van der Waals surface area (Å²) in [6, 6.07) is 9.58. The van der Waals surface area contributed by atoms with Crippen LogP contribution in [0.5, 0.6) is 11.5 Å². The predicted octanol–water partition coefficient (Wildman–Crippen LogP) is 3.23. The van der Waals surface area contributed by atoms with Crippen LogP contribution in [0, 0.1) is 13.8 Å². The molecule has 0 atom stereocenters. The minimum atomic E-state index is -0.300. The number of aryl methyl sites for hydroxylation is 2. The van der Waals surface area contributed by atoms with Gasteiger partial charge in [-0.25, -0.2) is 0 Å². The number of benzene rings is 2. The summed E-state index contributed by atoms with van der Waals surface area (Å²) >= 11 is 0. The van der Waals surface area contributed by atoms with E-state index in [2.05, 4.69) is 5.32 Å². The van der Waals surface area contributed by atoms with Crippen LogP contribution in [-0.2, 0) is 22.6 Å². The Balaban J connectivity index is 1.64. The van der Waals surface area contributed by atoms with Gasteiger partial charge in [0.1, 0.15) is 6.42 Å². The summed E-state index contributed by atoms with van der Waals surface area (Å²) in [4.78, 5) is 26.6. The fourth-order valence-electron chi connectivity index (χ4n) is 3.37. The molecule has 6 heteroatoms. The molecular formula is C22H26N2O4. The van der Waals surface area contributed by atoms with Gasteiger partial charge >= 0.3 is 0 Å². The normalized spacial score (nSPS) is 12.9. The number of nitrogens with one attached hydrogen (secondary N) is 1. The average Bonchev–Trinajstić information content (AvgIpc) is 2.69. The van der Waals surface area contributed by atoms with Crippen LogP contribution in [0.4, 0.5) is 5.69 Å². The topological polar surface area (TPSA) is 67.9 Å². The van der Waals surface area contributed by atoms with E-state index in [1.165, 1.54) is 0 Å². The zero-order valence-corrected chi connectivity index (χ0v) is 16.8. The van der Waals surface area contributed by atoms with Gasteiger partial charge < -0.3 is 19.7 Å². The number of amides is 2. The Bertz CT molecular complexity index is 908. The molecule has 2 aromatic carbocycles. The van der Waals surface area contributed by atoms with E-state index in [0.29, 0.717) is 30.3 Å². The third-order valence-electron chi connectivity index (χ3n) is 5.17. The molecule has 0 saturated carbocycles. The van der Waals surface area contributed by atoms with Crippen LogP contribution in [0.3, 0.4) is 0 Å². The average molecular weight is 382 g/mol. The van der Waals surface area contributed by atoms with Crippen LogP contribution in [0.15, 0.2) is 30.3 Å². The summed E-state index contributed by atoms with van der Waals surface area (Å²) in [5.41, 5.74) is 5.13. The van der Waals surface area contributed by atoms with Crippen molar-refractivity contribution in [3.05, 3.63) is 52.6 Å². The molecule has 1 aliphatic rings. The molecule has 0 fully saturated rings. The summed E-state index contributed by atoms with van der Waals surface area (Å²) in [5, 5.41) is 2.81. The molecule has 1 aliphatic heterocycles. The summed E-state index contributed by atoms with van der Waals surface area (Å²) in [6.07, 6.45) is 0.551. The van der Waals surface area contributed by atoms with Gasteiger partial charge in [0.05, 0.1) is 14.2 Å². The lowest BCUT2D eigenvalue weighted by atomic mass is 9.98. The van der Waals surface area contributed by atoms with Crippen LogP contribution < -0.4 is 14.8 Å². The van der Waals surface area contributed by atoms with Gasteiger partial charge in [-0.3, -0.25) is 9.59 Å². The minimum Gasteiger partial charge on any atom is -0.493 e. The summed E-state index contributed by atoms with van der Waals surface area (Å²) in [7, 11) is 3.20. The van der Waals surface area contributed by atoms with E-state index < -0.39 is 0 Å². The van der Waals surface area contributed by atoms with E-state index in [1.54, 1.807) is 19.1 Å². The maximum absolute atomic E-state index is 12.6. The predicted molar refractivity (Wildman–Crippen MR) is 108 cm³/mol. The standard InChI is InChI=1S/C22H26N2O4/c1-14-5-6-18(9-15(14)2)23-21(25)12-22(26)24-8-7-16-10-19(27-3)20(28-4)11-17(16)13-24/h5-6,9-11H,7-8,12-13H2,1-4H3,(H,23,25). The minimum absolute atomic E-state index is 0.171. The van der Waals surface area contributed by atoms with Crippen molar-refractivity contribution < 1.29 is 19.1 Å². The molecule has 2 aromatic rings. The highest BCUT2D eigenvalue weighted by atomic mass is 16.5. The van der Waals surface area contributed by atoms with Crippen molar-refractivity contribution in [2.75, 3.05) is 26.1 Å². The first-order chi connectivity index (χ1) is 13.4. The van der Waals surface area contributed by atoms with Gasteiger partial charge in [-0.1, -0.05) is 6.07 Å². The second kappa shape index (κ2) is 8.33. The Labute approximate surface area is 165 Å². The van der Waals surface area contributed by atoms with Gasteiger partial charge in [0.2, 0.25) is 11.8 Å². The molecule has 2 amide bonds. The van der Waals surface area contributed by atoms with Gasteiger partial charge in [0.25, 0.3) is 0 Å². The molecule has 0 spiro atoms. The second-order valence-electron chi connectivity index (χ2n) is 7.07. The smallest absolute Gasteiger partial charge is 0.233 e. The highest BCUT2D eigenvalue weighted by Gasteiger charge is 2.24. The molecule has 0 aromatic heterocycles. The number of nitrogens with zero attached hydrogens (tertiary/aromatic N) is 1. The molecule has 3 rings (SSSR count). The fourth-order valence-corrected chi connectivity index (χ4v) is 3.37. The monoisotopic (exact) mass is 382 g/mol. The van der Waals surface area contributed by atoms with E-state index >= 15 is 0 Å². The third kappa shape index (κ3) is 4.27. The Morgan fingerprint density at radius 1 is 1.00 bits per heavy atom. The fraction of sp³-hybridized carbons (Fsp3) is 0.364. The van der Waals surface area contributed by atoms with Crippen LogP contribution in [0.25, 0.3) is 0 Å².